The van der Waals surface area contributed by atoms with Crippen LogP contribution < -0.4 is 19.7 Å². The minimum Gasteiger partial charge on any atom is -0.497 e. The topological polar surface area (TPSA) is 67.9 Å². The van der Waals surface area contributed by atoms with Crippen molar-refractivity contribution in [3.8, 4) is 11.5 Å². The lowest BCUT2D eigenvalue weighted by atomic mass is 10.0. The summed E-state index contributed by atoms with van der Waals surface area (Å²) in [5.74, 6) is 0.634. The number of methoxy groups -OCH3 is 1. The summed E-state index contributed by atoms with van der Waals surface area (Å²) in [6.45, 7) is 4.55. The van der Waals surface area contributed by atoms with E-state index in [0.717, 1.165) is 17.7 Å². The van der Waals surface area contributed by atoms with E-state index in [0.29, 0.717) is 34.9 Å². The fourth-order valence-corrected chi connectivity index (χ4v) is 3.73. The SMILES string of the molecule is CCOc1ccc(NC2=C(c3ccc(OC)cc3)C(=O)N(c3ccc(CC)cc3)C2=O)cc1. The lowest BCUT2D eigenvalue weighted by Gasteiger charge is -2.16. The molecule has 6 nitrogen and oxygen atoms in total. The van der Waals surface area contributed by atoms with E-state index in [-0.39, 0.29) is 11.6 Å². The van der Waals surface area contributed by atoms with Gasteiger partial charge < -0.3 is 14.8 Å². The average Bonchev–Trinajstić information content (AvgIpc) is 3.09. The standard InChI is InChI=1S/C27H26N2O4/c1-4-18-6-12-21(13-7-18)29-26(30)24(19-8-14-22(32-3)15-9-19)25(27(29)31)28-20-10-16-23(17-11-20)33-5-2/h6-17,28H,4-5H2,1-3H3. The first-order valence-electron chi connectivity index (χ1n) is 10.9. The van der Waals surface area contributed by atoms with Crippen LogP contribution in [0.25, 0.3) is 5.57 Å². The number of hydrogen-bond donors (Lipinski definition) is 1. The average molecular weight is 443 g/mol. The number of nitrogens with zero attached hydrogens (tertiary/aromatic N) is 1. The van der Waals surface area contributed by atoms with Crippen LogP contribution in [0.1, 0.15) is 25.0 Å². The third-order valence-electron chi connectivity index (χ3n) is 5.50. The van der Waals surface area contributed by atoms with Crippen LogP contribution in [0, 0.1) is 0 Å². The molecule has 1 aliphatic rings. The summed E-state index contributed by atoms with van der Waals surface area (Å²) >= 11 is 0. The zero-order chi connectivity index (χ0) is 23.4. The minimum absolute atomic E-state index is 0.230. The molecule has 3 aromatic rings. The molecule has 6 heteroatoms. The molecule has 0 radical (unpaired) electrons. The predicted octanol–water partition coefficient (Wildman–Crippen LogP) is 5.05. The molecular formula is C27H26N2O4. The number of carbonyl (C=O) groups excluding carboxylic acids is 2. The number of carbonyl (C=O) groups is 2. The lowest BCUT2D eigenvalue weighted by molar-refractivity contribution is -0.120. The van der Waals surface area contributed by atoms with Crippen molar-refractivity contribution in [3.63, 3.8) is 0 Å². The molecule has 0 aromatic heterocycles. The molecule has 0 fully saturated rings. The number of benzene rings is 3. The number of hydrogen-bond acceptors (Lipinski definition) is 5. The molecule has 0 saturated carbocycles. The molecule has 1 N–H and O–H groups in total. The monoisotopic (exact) mass is 442 g/mol. The highest BCUT2D eigenvalue weighted by Gasteiger charge is 2.40. The number of imide groups is 1. The Hall–Kier alpha value is -4.06. The first kappa shape index (κ1) is 22.1. The van der Waals surface area contributed by atoms with Gasteiger partial charge in [0.1, 0.15) is 17.2 Å². The summed E-state index contributed by atoms with van der Waals surface area (Å²) in [5, 5.41) is 3.17. The van der Waals surface area contributed by atoms with Crippen molar-refractivity contribution in [2.75, 3.05) is 23.9 Å². The van der Waals surface area contributed by atoms with Gasteiger partial charge in [0, 0.05) is 5.69 Å². The molecule has 33 heavy (non-hydrogen) atoms. The van der Waals surface area contributed by atoms with Crippen LogP contribution in [-0.2, 0) is 16.0 Å². The van der Waals surface area contributed by atoms with E-state index in [1.54, 1.807) is 43.5 Å². The van der Waals surface area contributed by atoms with Crippen molar-refractivity contribution in [2.45, 2.75) is 20.3 Å². The van der Waals surface area contributed by atoms with Crippen molar-refractivity contribution in [1.82, 2.24) is 0 Å². The zero-order valence-corrected chi connectivity index (χ0v) is 18.9. The Morgan fingerprint density at radius 3 is 2.00 bits per heavy atom. The van der Waals surface area contributed by atoms with E-state index >= 15 is 0 Å². The fraction of sp³-hybridized carbons (Fsp3) is 0.185. The Bertz CT molecular complexity index is 1180. The number of rotatable bonds is 8. The summed E-state index contributed by atoms with van der Waals surface area (Å²) < 4.78 is 10.7. The molecule has 0 aliphatic carbocycles. The second-order valence-electron chi connectivity index (χ2n) is 7.53. The van der Waals surface area contributed by atoms with Gasteiger partial charge >= 0.3 is 0 Å². The van der Waals surface area contributed by atoms with Gasteiger partial charge in [-0.15, -0.1) is 0 Å². The van der Waals surface area contributed by atoms with E-state index in [2.05, 4.69) is 12.2 Å². The van der Waals surface area contributed by atoms with Crippen LogP contribution in [0.15, 0.2) is 78.5 Å². The predicted molar refractivity (Wildman–Crippen MR) is 129 cm³/mol. The Morgan fingerprint density at radius 1 is 0.788 bits per heavy atom. The third-order valence-corrected chi connectivity index (χ3v) is 5.50. The summed E-state index contributed by atoms with van der Waals surface area (Å²) in [7, 11) is 1.58. The molecule has 0 spiro atoms. The number of anilines is 2. The summed E-state index contributed by atoms with van der Waals surface area (Å²) in [5.41, 5.74) is 3.54. The van der Waals surface area contributed by atoms with Gasteiger partial charge in [0.15, 0.2) is 0 Å². The molecule has 1 heterocycles. The summed E-state index contributed by atoms with van der Waals surface area (Å²) in [6.07, 6.45) is 0.877. The van der Waals surface area contributed by atoms with Gasteiger partial charge in [0.25, 0.3) is 11.8 Å². The molecule has 168 valence electrons. The number of aryl methyl sites for hydroxylation is 1. The molecule has 2 amide bonds. The first-order valence-corrected chi connectivity index (χ1v) is 10.9. The summed E-state index contributed by atoms with van der Waals surface area (Å²) in [6, 6.07) is 21.9. The molecule has 0 atom stereocenters. The van der Waals surface area contributed by atoms with E-state index in [4.69, 9.17) is 9.47 Å². The molecular weight excluding hydrogens is 416 g/mol. The van der Waals surface area contributed by atoms with Crippen LogP contribution in [0.4, 0.5) is 11.4 Å². The van der Waals surface area contributed by atoms with Gasteiger partial charge in [-0.3, -0.25) is 9.59 Å². The fourth-order valence-electron chi connectivity index (χ4n) is 3.73. The molecule has 0 unspecified atom stereocenters. The van der Waals surface area contributed by atoms with E-state index in [1.165, 1.54) is 4.90 Å². The van der Waals surface area contributed by atoms with Crippen molar-refractivity contribution < 1.29 is 19.1 Å². The zero-order valence-electron chi connectivity index (χ0n) is 18.9. The van der Waals surface area contributed by atoms with Gasteiger partial charge in [-0.1, -0.05) is 31.2 Å². The largest absolute Gasteiger partial charge is 0.497 e. The second-order valence-corrected chi connectivity index (χ2v) is 7.53. The lowest BCUT2D eigenvalue weighted by Crippen LogP contribution is -2.32. The van der Waals surface area contributed by atoms with E-state index in [9.17, 15) is 9.59 Å². The maximum atomic E-state index is 13.5. The highest BCUT2D eigenvalue weighted by molar-refractivity contribution is 6.46. The van der Waals surface area contributed by atoms with Crippen molar-refractivity contribution in [2.24, 2.45) is 0 Å². The smallest absolute Gasteiger partial charge is 0.282 e. The number of ether oxygens (including phenoxy) is 2. The number of amides is 2. The molecule has 4 rings (SSSR count). The molecule has 1 aliphatic heterocycles. The van der Waals surface area contributed by atoms with Crippen LogP contribution in [0.2, 0.25) is 0 Å². The highest BCUT2D eigenvalue weighted by atomic mass is 16.5. The van der Waals surface area contributed by atoms with Gasteiger partial charge in [-0.05, 0) is 73.0 Å². The molecule has 0 saturated heterocycles. The third kappa shape index (κ3) is 4.46. The van der Waals surface area contributed by atoms with Gasteiger partial charge in [-0.2, -0.15) is 0 Å². The normalized spacial score (nSPS) is 13.5. The van der Waals surface area contributed by atoms with Gasteiger partial charge in [-0.25, -0.2) is 4.90 Å². The summed E-state index contributed by atoms with van der Waals surface area (Å²) in [4.78, 5) is 28.2. The highest BCUT2D eigenvalue weighted by Crippen LogP contribution is 2.34. The van der Waals surface area contributed by atoms with E-state index in [1.807, 2.05) is 43.3 Å². The van der Waals surface area contributed by atoms with Crippen LogP contribution in [0.5, 0.6) is 11.5 Å². The minimum atomic E-state index is -0.399. The Morgan fingerprint density at radius 2 is 1.42 bits per heavy atom. The second kappa shape index (κ2) is 9.61. The van der Waals surface area contributed by atoms with Crippen LogP contribution in [-0.4, -0.2) is 25.5 Å². The maximum absolute atomic E-state index is 13.5. The Kier molecular flexibility index (Phi) is 6.45. The Labute approximate surface area is 193 Å². The van der Waals surface area contributed by atoms with Crippen LogP contribution in [0.3, 0.4) is 0 Å². The van der Waals surface area contributed by atoms with Crippen LogP contribution >= 0.6 is 0 Å². The Balaban J connectivity index is 1.74. The quantitative estimate of drug-likeness (QED) is 0.494. The van der Waals surface area contributed by atoms with Gasteiger partial charge in [0.05, 0.1) is 25.0 Å². The van der Waals surface area contributed by atoms with Gasteiger partial charge in [0.2, 0.25) is 0 Å². The van der Waals surface area contributed by atoms with Crippen molar-refractivity contribution in [3.05, 3.63) is 89.6 Å². The molecule has 0 bridgehead atoms. The number of nitrogens with one attached hydrogen (secondary N) is 1. The van der Waals surface area contributed by atoms with Crippen molar-refractivity contribution in [1.29, 1.82) is 0 Å². The first-order chi connectivity index (χ1) is 16.0. The van der Waals surface area contributed by atoms with E-state index < -0.39 is 5.91 Å². The van der Waals surface area contributed by atoms with Crippen molar-refractivity contribution >= 4 is 28.8 Å². The molecule has 3 aromatic carbocycles. The maximum Gasteiger partial charge on any atom is 0.282 e.